The number of thiazole rings is 1. The van der Waals surface area contributed by atoms with Gasteiger partial charge in [-0.2, -0.15) is 4.99 Å². The largest absolute Gasteiger partial charge is 0.319 e. The molecule has 0 N–H and O–H groups in total. The molecule has 3 nitrogen and oxygen atoms in total. The van der Waals surface area contributed by atoms with E-state index >= 15 is 0 Å². The number of hydrogen-bond acceptors (Lipinski definition) is 2. The molecular formula is C19H16F2N2OS. The van der Waals surface area contributed by atoms with E-state index in [2.05, 4.69) is 4.99 Å². The summed E-state index contributed by atoms with van der Waals surface area (Å²) in [5.41, 5.74) is 1.67. The van der Waals surface area contributed by atoms with Gasteiger partial charge < -0.3 is 4.57 Å². The van der Waals surface area contributed by atoms with Crippen molar-refractivity contribution in [1.29, 1.82) is 0 Å². The molecule has 128 valence electrons. The average molecular weight is 358 g/mol. The van der Waals surface area contributed by atoms with Gasteiger partial charge in [0.15, 0.2) is 4.80 Å². The third-order valence-electron chi connectivity index (χ3n) is 3.84. The molecule has 0 fully saturated rings. The van der Waals surface area contributed by atoms with Gasteiger partial charge in [0.1, 0.15) is 11.6 Å². The van der Waals surface area contributed by atoms with Gasteiger partial charge in [-0.15, -0.1) is 11.3 Å². The molecule has 0 aliphatic carbocycles. The normalized spacial score (nSPS) is 11.8. The number of carbonyl (C=O) groups is 1. The lowest BCUT2D eigenvalue weighted by Crippen LogP contribution is -2.15. The molecule has 2 aromatic carbocycles. The zero-order valence-electron chi connectivity index (χ0n) is 13.8. The Balaban J connectivity index is 2.11. The fourth-order valence-electron chi connectivity index (χ4n) is 2.59. The van der Waals surface area contributed by atoms with Crippen molar-refractivity contribution < 1.29 is 13.6 Å². The van der Waals surface area contributed by atoms with Crippen LogP contribution >= 0.6 is 11.3 Å². The maximum atomic E-state index is 13.8. The molecule has 1 amide bonds. The van der Waals surface area contributed by atoms with Crippen LogP contribution in [0.25, 0.3) is 11.3 Å². The van der Waals surface area contributed by atoms with Crippen LogP contribution in [-0.2, 0) is 13.5 Å². The van der Waals surface area contributed by atoms with E-state index in [9.17, 15) is 13.6 Å². The van der Waals surface area contributed by atoms with Crippen LogP contribution in [-0.4, -0.2) is 10.5 Å². The zero-order chi connectivity index (χ0) is 18.0. The highest BCUT2D eigenvalue weighted by Crippen LogP contribution is 2.26. The average Bonchev–Trinajstić information content (AvgIpc) is 2.92. The van der Waals surface area contributed by atoms with E-state index in [-0.39, 0.29) is 11.4 Å². The molecule has 0 saturated heterocycles. The fraction of sp³-hybridized carbons (Fsp3) is 0.158. The van der Waals surface area contributed by atoms with Crippen LogP contribution in [0.5, 0.6) is 0 Å². The van der Waals surface area contributed by atoms with Crippen LogP contribution in [0, 0.1) is 11.6 Å². The van der Waals surface area contributed by atoms with E-state index in [1.807, 2.05) is 6.92 Å². The fourth-order valence-corrected chi connectivity index (χ4v) is 3.66. The zero-order valence-corrected chi connectivity index (χ0v) is 14.6. The Morgan fingerprint density at radius 3 is 2.44 bits per heavy atom. The van der Waals surface area contributed by atoms with Crippen molar-refractivity contribution >= 4 is 17.2 Å². The lowest BCUT2D eigenvalue weighted by atomic mass is 10.1. The second-order valence-corrected chi connectivity index (χ2v) is 6.53. The number of amides is 1. The van der Waals surface area contributed by atoms with Crippen molar-refractivity contribution in [3.8, 4) is 11.3 Å². The molecular weight excluding hydrogens is 342 g/mol. The van der Waals surface area contributed by atoms with Crippen molar-refractivity contribution in [2.75, 3.05) is 0 Å². The lowest BCUT2D eigenvalue weighted by Gasteiger charge is -2.05. The summed E-state index contributed by atoms with van der Waals surface area (Å²) in [5.74, 6) is -1.52. The highest BCUT2D eigenvalue weighted by molar-refractivity contribution is 7.09. The van der Waals surface area contributed by atoms with Gasteiger partial charge >= 0.3 is 0 Å². The first kappa shape index (κ1) is 17.2. The van der Waals surface area contributed by atoms with E-state index < -0.39 is 11.7 Å². The maximum Gasteiger partial charge on any atom is 0.282 e. The first-order chi connectivity index (χ1) is 12.0. The number of aromatic nitrogens is 1. The van der Waals surface area contributed by atoms with Crippen molar-refractivity contribution in [3.63, 3.8) is 0 Å². The van der Waals surface area contributed by atoms with Crippen LogP contribution in [0.15, 0.2) is 53.5 Å². The third kappa shape index (κ3) is 3.44. The number of hydrogen-bond donors (Lipinski definition) is 0. The molecule has 0 atom stereocenters. The number of carbonyl (C=O) groups excluding carboxylic acids is 1. The molecule has 6 heteroatoms. The summed E-state index contributed by atoms with van der Waals surface area (Å²) in [6.45, 7) is 2.00. The highest BCUT2D eigenvalue weighted by atomic mass is 32.1. The SMILES string of the molecule is CCc1sc(=NC(=O)c2ccccc2F)n(C)c1-c1ccc(F)cc1. The quantitative estimate of drug-likeness (QED) is 0.686. The standard InChI is InChI=1S/C19H16F2N2OS/c1-3-16-17(12-8-10-13(20)11-9-12)23(2)19(25-16)22-18(24)14-6-4-5-7-15(14)21/h4-11H,3H2,1-2H3. The van der Waals surface area contributed by atoms with Gasteiger partial charge in [-0.1, -0.05) is 19.1 Å². The van der Waals surface area contributed by atoms with Crippen molar-refractivity contribution in [1.82, 2.24) is 4.57 Å². The molecule has 0 aliphatic heterocycles. The van der Waals surface area contributed by atoms with Crippen molar-refractivity contribution in [3.05, 3.63) is 75.4 Å². The Bertz CT molecular complexity index is 987. The van der Waals surface area contributed by atoms with Crippen molar-refractivity contribution in [2.24, 2.45) is 12.0 Å². The molecule has 0 bridgehead atoms. The molecule has 0 aliphatic rings. The lowest BCUT2D eigenvalue weighted by molar-refractivity contribution is 0.0994. The Labute approximate surface area is 147 Å². The van der Waals surface area contributed by atoms with Gasteiger partial charge in [0.05, 0.1) is 11.3 Å². The van der Waals surface area contributed by atoms with Crippen LogP contribution in [0.4, 0.5) is 8.78 Å². The summed E-state index contributed by atoms with van der Waals surface area (Å²) in [6, 6.07) is 12.0. The monoisotopic (exact) mass is 358 g/mol. The maximum absolute atomic E-state index is 13.8. The van der Waals surface area contributed by atoms with Crippen LogP contribution < -0.4 is 4.80 Å². The predicted molar refractivity (Wildman–Crippen MR) is 94.4 cm³/mol. The second kappa shape index (κ2) is 7.11. The first-order valence-corrected chi connectivity index (χ1v) is 8.61. The van der Waals surface area contributed by atoms with Gasteiger partial charge in [-0.25, -0.2) is 8.78 Å². The Kier molecular flexibility index (Phi) is 4.90. The number of halogens is 2. The molecule has 0 unspecified atom stereocenters. The van der Waals surface area contributed by atoms with Crippen molar-refractivity contribution in [2.45, 2.75) is 13.3 Å². The minimum atomic E-state index is -0.622. The first-order valence-electron chi connectivity index (χ1n) is 7.79. The molecule has 0 radical (unpaired) electrons. The summed E-state index contributed by atoms with van der Waals surface area (Å²) in [5, 5.41) is 0. The van der Waals surface area contributed by atoms with E-state index in [0.29, 0.717) is 4.80 Å². The molecule has 3 aromatic rings. The minimum Gasteiger partial charge on any atom is -0.319 e. The number of benzene rings is 2. The molecule has 1 aromatic heterocycles. The topological polar surface area (TPSA) is 34.4 Å². The van der Waals surface area contributed by atoms with Gasteiger partial charge in [-0.05, 0) is 48.4 Å². The van der Waals surface area contributed by atoms with E-state index in [1.54, 1.807) is 29.8 Å². The van der Waals surface area contributed by atoms with Gasteiger partial charge in [-0.3, -0.25) is 4.79 Å². The number of aryl methyl sites for hydroxylation is 1. The molecule has 1 heterocycles. The van der Waals surface area contributed by atoms with E-state index in [4.69, 9.17) is 0 Å². The number of nitrogens with zero attached hydrogens (tertiary/aromatic N) is 2. The van der Waals surface area contributed by atoms with E-state index in [1.165, 1.54) is 41.7 Å². The summed E-state index contributed by atoms with van der Waals surface area (Å²) in [4.78, 5) is 17.9. The summed E-state index contributed by atoms with van der Waals surface area (Å²) in [7, 11) is 1.79. The van der Waals surface area contributed by atoms with Crippen LogP contribution in [0.2, 0.25) is 0 Å². The number of rotatable bonds is 3. The molecule has 3 rings (SSSR count). The molecule has 0 spiro atoms. The van der Waals surface area contributed by atoms with Gasteiger partial charge in [0.2, 0.25) is 0 Å². The second-order valence-electron chi connectivity index (χ2n) is 5.47. The summed E-state index contributed by atoms with van der Waals surface area (Å²) < 4.78 is 28.7. The Morgan fingerprint density at radius 1 is 1.12 bits per heavy atom. The van der Waals surface area contributed by atoms with Gasteiger partial charge in [0, 0.05) is 11.9 Å². The predicted octanol–water partition coefficient (Wildman–Crippen LogP) is 4.34. The Hall–Kier alpha value is -2.60. The summed E-state index contributed by atoms with van der Waals surface area (Å²) >= 11 is 1.37. The Morgan fingerprint density at radius 2 is 1.80 bits per heavy atom. The molecule has 0 saturated carbocycles. The smallest absolute Gasteiger partial charge is 0.282 e. The van der Waals surface area contributed by atoms with Crippen LogP contribution in [0.1, 0.15) is 22.2 Å². The van der Waals surface area contributed by atoms with E-state index in [0.717, 1.165) is 22.6 Å². The summed E-state index contributed by atoms with van der Waals surface area (Å²) in [6.07, 6.45) is 0.745. The third-order valence-corrected chi connectivity index (χ3v) is 5.12. The van der Waals surface area contributed by atoms with Crippen LogP contribution in [0.3, 0.4) is 0 Å². The minimum absolute atomic E-state index is 0.0581. The highest BCUT2D eigenvalue weighted by Gasteiger charge is 2.15. The molecule has 25 heavy (non-hydrogen) atoms. The van der Waals surface area contributed by atoms with Gasteiger partial charge in [0.25, 0.3) is 5.91 Å².